The van der Waals surface area contributed by atoms with Crippen molar-refractivity contribution in [3.8, 4) is 5.75 Å². The highest BCUT2D eigenvalue weighted by Crippen LogP contribution is 2.30. The fourth-order valence-corrected chi connectivity index (χ4v) is 5.16. The van der Waals surface area contributed by atoms with Gasteiger partial charge in [0, 0.05) is 60.9 Å². The summed E-state index contributed by atoms with van der Waals surface area (Å²) >= 11 is 0. The molecule has 0 amide bonds. The molecule has 2 aromatic carbocycles. The Morgan fingerprint density at radius 2 is 1.85 bits per heavy atom. The van der Waals surface area contributed by atoms with Crippen LogP contribution in [0.25, 0.3) is 21.8 Å². The Hall–Kier alpha value is -3.25. The van der Waals surface area contributed by atoms with Crippen molar-refractivity contribution in [3.63, 3.8) is 0 Å². The Morgan fingerprint density at radius 1 is 1.03 bits per heavy atom. The van der Waals surface area contributed by atoms with Gasteiger partial charge in [0.05, 0.1) is 12.6 Å². The van der Waals surface area contributed by atoms with Gasteiger partial charge in [0.15, 0.2) is 0 Å². The number of nitrogens with zero attached hydrogens (tertiary/aromatic N) is 2. The zero-order valence-electron chi connectivity index (χ0n) is 20.4. The van der Waals surface area contributed by atoms with E-state index in [-0.39, 0.29) is 0 Å². The standard InChI is InChI=1S/C28H35N5O/c1-33(2)27-15-28(32-26-7-5-4-6-23(26)27)31-21-10-8-19(9-11-21)16-29-17-20-18-30-25-13-12-22(34-3)14-24(20)25/h4-7,12-15,18-19,21,29-30H,8-11,16-17H2,1-3H3,(H,31,32)/t19-,21+. The first-order valence-electron chi connectivity index (χ1n) is 12.3. The monoisotopic (exact) mass is 457 g/mol. The zero-order chi connectivity index (χ0) is 23.5. The number of ether oxygens (including phenoxy) is 1. The van der Waals surface area contributed by atoms with E-state index in [4.69, 9.17) is 9.72 Å². The van der Waals surface area contributed by atoms with E-state index in [1.807, 2.05) is 6.07 Å². The van der Waals surface area contributed by atoms with Crippen molar-refractivity contribution in [1.82, 2.24) is 15.3 Å². The van der Waals surface area contributed by atoms with Crippen LogP contribution in [0.1, 0.15) is 31.2 Å². The van der Waals surface area contributed by atoms with E-state index in [9.17, 15) is 0 Å². The zero-order valence-corrected chi connectivity index (χ0v) is 20.4. The molecule has 2 aromatic heterocycles. The lowest BCUT2D eigenvalue weighted by Crippen LogP contribution is -2.31. The minimum atomic E-state index is 0.487. The Kier molecular flexibility index (Phi) is 6.59. The number of nitrogens with one attached hydrogen (secondary N) is 3. The summed E-state index contributed by atoms with van der Waals surface area (Å²) in [5.41, 5.74) is 4.71. The van der Waals surface area contributed by atoms with E-state index in [1.165, 1.54) is 47.7 Å². The van der Waals surface area contributed by atoms with Crippen molar-refractivity contribution < 1.29 is 4.74 Å². The molecular weight excluding hydrogens is 422 g/mol. The van der Waals surface area contributed by atoms with Gasteiger partial charge in [0.25, 0.3) is 0 Å². The first kappa shape index (κ1) is 22.5. The summed E-state index contributed by atoms with van der Waals surface area (Å²) < 4.78 is 5.39. The van der Waals surface area contributed by atoms with Crippen LogP contribution >= 0.6 is 0 Å². The molecule has 1 saturated carbocycles. The van der Waals surface area contributed by atoms with E-state index in [0.29, 0.717) is 6.04 Å². The number of para-hydroxylation sites is 1. The number of fused-ring (bicyclic) bond motifs is 2. The molecule has 2 heterocycles. The number of aromatic nitrogens is 2. The van der Waals surface area contributed by atoms with Crippen LogP contribution in [0, 0.1) is 5.92 Å². The number of anilines is 2. The van der Waals surface area contributed by atoms with Gasteiger partial charge in [0.1, 0.15) is 11.6 Å². The van der Waals surface area contributed by atoms with Crippen molar-refractivity contribution >= 4 is 33.3 Å². The summed E-state index contributed by atoms with van der Waals surface area (Å²) in [6, 6.07) is 17.2. The molecule has 6 heteroatoms. The number of benzene rings is 2. The molecule has 1 fully saturated rings. The maximum absolute atomic E-state index is 5.39. The molecule has 0 saturated heterocycles. The molecule has 1 aliphatic carbocycles. The number of rotatable bonds is 8. The average molecular weight is 458 g/mol. The SMILES string of the molecule is COc1ccc2[nH]cc(CNC[C@H]3CC[C@@H](Nc4cc(N(C)C)c5ccccc5n4)CC3)c2c1. The van der Waals surface area contributed by atoms with Crippen LogP contribution in [-0.4, -0.2) is 43.8 Å². The molecule has 1 aliphatic rings. The van der Waals surface area contributed by atoms with E-state index < -0.39 is 0 Å². The summed E-state index contributed by atoms with van der Waals surface area (Å²) in [5, 5.41) is 9.85. The quantitative estimate of drug-likeness (QED) is 0.324. The summed E-state index contributed by atoms with van der Waals surface area (Å²) in [6.45, 7) is 1.93. The predicted octanol–water partition coefficient (Wildman–Crippen LogP) is 5.55. The van der Waals surface area contributed by atoms with Gasteiger partial charge in [-0.15, -0.1) is 0 Å². The summed E-state index contributed by atoms with van der Waals surface area (Å²) in [6.07, 6.45) is 6.95. The van der Waals surface area contributed by atoms with Gasteiger partial charge >= 0.3 is 0 Å². The van der Waals surface area contributed by atoms with Crippen LogP contribution in [0.5, 0.6) is 5.75 Å². The van der Waals surface area contributed by atoms with Gasteiger partial charge in [-0.25, -0.2) is 4.98 Å². The lowest BCUT2D eigenvalue weighted by molar-refractivity contribution is 0.324. The van der Waals surface area contributed by atoms with E-state index in [1.54, 1.807) is 7.11 Å². The number of hydrogen-bond donors (Lipinski definition) is 3. The summed E-state index contributed by atoms with van der Waals surface area (Å²) in [7, 11) is 5.90. The number of pyridine rings is 1. The van der Waals surface area contributed by atoms with Crippen LogP contribution in [0.2, 0.25) is 0 Å². The number of H-pyrrole nitrogens is 1. The molecule has 0 spiro atoms. The maximum atomic E-state index is 5.39. The highest BCUT2D eigenvalue weighted by atomic mass is 16.5. The van der Waals surface area contributed by atoms with Crippen LogP contribution < -0.4 is 20.3 Å². The second-order valence-corrected chi connectivity index (χ2v) is 9.66. The van der Waals surface area contributed by atoms with E-state index >= 15 is 0 Å². The van der Waals surface area contributed by atoms with Crippen molar-refractivity contribution in [3.05, 3.63) is 60.3 Å². The minimum Gasteiger partial charge on any atom is -0.497 e. The Bertz CT molecular complexity index is 1260. The molecular formula is C28H35N5O. The molecule has 4 aromatic rings. The van der Waals surface area contributed by atoms with Gasteiger partial charge in [-0.2, -0.15) is 0 Å². The van der Waals surface area contributed by atoms with Gasteiger partial charge in [0.2, 0.25) is 0 Å². The molecule has 3 N–H and O–H groups in total. The molecule has 0 atom stereocenters. The van der Waals surface area contributed by atoms with E-state index in [2.05, 4.69) is 83.3 Å². The number of hydrogen-bond acceptors (Lipinski definition) is 5. The second kappa shape index (κ2) is 9.94. The summed E-state index contributed by atoms with van der Waals surface area (Å²) in [5.74, 6) is 2.61. The Balaban J connectivity index is 1.14. The lowest BCUT2D eigenvalue weighted by Gasteiger charge is -2.30. The van der Waals surface area contributed by atoms with Gasteiger partial charge < -0.3 is 25.3 Å². The topological polar surface area (TPSA) is 65.2 Å². The first-order chi connectivity index (χ1) is 16.6. The molecule has 5 rings (SSSR count). The predicted molar refractivity (Wildman–Crippen MR) is 142 cm³/mol. The molecule has 6 nitrogen and oxygen atoms in total. The van der Waals surface area contributed by atoms with Gasteiger partial charge in [-0.05, 0) is 68.0 Å². The fourth-order valence-electron chi connectivity index (χ4n) is 5.16. The molecule has 0 aliphatic heterocycles. The van der Waals surface area contributed by atoms with Crippen molar-refractivity contribution in [1.29, 1.82) is 0 Å². The van der Waals surface area contributed by atoms with Crippen molar-refractivity contribution in [2.45, 2.75) is 38.3 Å². The third-order valence-corrected chi connectivity index (χ3v) is 7.10. The van der Waals surface area contributed by atoms with Crippen molar-refractivity contribution in [2.75, 3.05) is 38.0 Å². The molecule has 0 unspecified atom stereocenters. The third-order valence-electron chi connectivity index (χ3n) is 7.10. The van der Waals surface area contributed by atoms with Crippen molar-refractivity contribution in [2.24, 2.45) is 5.92 Å². The lowest BCUT2D eigenvalue weighted by atomic mass is 9.86. The van der Waals surface area contributed by atoms with Gasteiger partial charge in [-0.1, -0.05) is 18.2 Å². The van der Waals surface area contributed by atoms with E-state index in [0.717, 1.165) is 41.6 Å². The van der Waals surface area contributed by atoms with Crippen LogP contribution in [0.4, 0.5) is 11.5 Å². The average Bonchev–Trinajstić information content (AvgIpc) is 3.26. The smallest absolute Gasteiger partial charge is 0.128 e. The molecule has 34 heavy (non-hydrogen) atoms. The number of methoxy groups -OCH3 is 1. The minimum absolute atomic E-state index is 0.487. The summed E-state index contributed by atoms with van der Waals surface area (Å²) in [4.78, 5) is 10.4. The largest absolute Gasteiger partial charge is 0.497 e. The molecule has 0 bridgehead atoms. The fraction of sp³-hybridized carbons (Fsp3) is 0.393. The normalized spacial score (nSPS) is 18.3. The van der Waals surface area contributed by atoms with Crippen LogP contribution in [-0.2, 0) is 6.54 Å². The molecule has 178 valence electrons. The Morgan fingerprint density at radius 3 is 2.65 bits per heavy atom. The van der Waals surface area contributed by atoms with Crippen LogP contribution in [0.15, 0.2) is 54.7 Å². The second-order valence-electron chi connectivity index (χ2n) is 9.66. The molecule has 0 radical (unpaired) electrons. The third kappa shape index (κ3) is 4.82. The maximum Gasteiger partial charge on any atom is 0.128 e. The van der Waals surface area contributed by atoms with Gasteiger partial charge in [-0.3, -0.25) is 0 Å². The highest BCUT2D eigenvalue weighted by Gasteiger charge is 2.22. The van der Waals surface area contributed by atoms with Crippen LogP contribution in [0.3, 0.4) is 0 Å². The first-order valence-corrected chi connectivity index (χ1v) is 12.3. The highest BCUT2D eigenvalue weighted by molar-refractivity contribution is 5.93. The Labute approximate surface area is 201 Å². The number of aromatic amines is 1.